The minimum absolute atomic E-state index is 0.108. The number of phenolic OH excluding ortho intramolecular Hbond substituents is 1. The van der Waals surface area contributed by atoms with E-state index in [1.54, 1.807) is 58.0 Å². The summed E-state index contributed by atoms with van der Waals surface area (Å²) in [6.07, 6.45) is 7.07. The van der Waals surface area contributed by atoms with E-state index >= 15 is 0 Å². The largest absolute Gasteiger partial charge is 0.508 e. The molecular weight excluding hydrogens is 514 g/mol. The van der Waals surface area contributed by atoms with Gasteiger partial charge >= 0.3 is 6.09 Å². The molecule has 0 radical (unpaired) electrons. The van der Waals surface area contributed by atoms with Crippen molar-refractivity contribution in [2.24, 2.45) is 0 Å². The first-order valence-electron chi connectivity index (χ1n) is 11.5. The Morgan fingerprint density at radius 1 is 1.19 bits per heavy atom. The number of aromatic hydroxyl groups is 1. The maximum Gasteiger partial charge on any atom is 0.408 e. The molecule has 10 heteroatoms. The summed E-state index contributed by atoms with van der Waals surface area (Å²) in [5, 5.41) is 16.2. The monoisotopic (exact) mass is 545 g/mol. The van der Waals surface area contributed by atoms with Crippen LogP contribution in [0, 0.1) is 19.4 Å². The maximum absolute atomic E-state index is 13.7. The van der Waals surface area contributed by atoms with Gasteiger partial charge in [0.25, 0.3) is 11.8 Å². The van der Waals surface area contributed by atoms with Gasteiger partial charge in [0.05, 0.1) is 10.7 Å². The van der Waals surface area contributed by atoms with Gasteiger partial charge in [0.15, 0.2) is 6.04 Å². The number of hydrogen-bond donors (Lipinski definition) is 3. The third kappa shape index (κ3) is 8.34. The number of nitrogens with one attached hydrogen (secondary N) is 2. The highest BCUT2D eigenvalue weighted by Gasteiger charge is 2.37. The number of phenols is 1. The van der Waals surface area contributed by atoms with Gasteiger partial charge in [0.1, 0.15) is 17.4 Å². The van der Waals surface area contributed by atoms with Crippen molar-refractivity contribution < 1.29 is 24.2 Å². The Balaban J connectivity index is 2.50. The highest BCUT2D eigenvalue weighted by Crippen LogP contribution is 2.32. The summed E-state index contributed by atoms with van der Waals surface area (Å²) in [5.74, 6) is -1.10. The Morgan fingerprint density at radius 3 is 2.43 bits per heavy atom. The molecule has 8 nitrogen and oxygen atoms in total. The molecule has 0 heterocycles. The number of alkyl carbamates (subject to hydrolysis) is 1. The van der Waals surface area contributed by atoms with Crippen molar-refractivity contribution in [2.45, 2.75) is 51.8 Å². The van der Waals surface area contributed by atoms with Crippen LogP contribution in [0.5, 0.6) is 5.75 Å². The number of carbonyl (C=O) groups is 3. The summed E-state index contributed by atoms with van der Waals surface area (Å²) >= 11 is 7.78. The molecule has 2 aromatic carbocycles. The lowest BCUT2D eigenvalue weighted by atomic mass is 10.0. The van der Waals surface area contributed by atoms with Crippen molar-refractivity contribution in [1.29, 1.82) is 0 Å². The number of anilines is 1. The number of aryl methyl sites for hydroxylation is 1. The number of benzene rings is 2. The van der Waals surface area contributed by atoms with Crippen LogP contribution in [0.25, 0.3) is 0 Å². The zero-order valence-corrected chi connectivity index (χ0v) is 23.1. The Bertz CT molecular complexity index is 1160. The molecule has 0 aliphatic carbocycles. The van der Waals surface area contributed by atoms with Gasteiger partial charge in [-0.25, -0.2) is 4.79 Å². The molecule has 0 saturated carbocycles. The smallest absolute Gasteiger partial charge is 0.408 e. The Labute approximate surface area is 227 Å². The maximum atomic E-state index is 13.7. The summed E-state index contributed by atoms with van der Waals surface area (Å²) in [7, 11) is 0. The Hall–Kier alpha value is -3.35. The van der Waals surface area contributed by atoms with Crippen LogP contribution >= 0.6 is 23.4 Å². The SMILES string of the molecule is C#CN(C(=O)C(CCSC)NC(=O)OC(C)(C)C)C(C(=O)Nc1c(C)cccc1Cl)c1ccccc1O. The van der Waals surface area contributed by atoms with Crippen LogP contribution < -0.4 is 10.6 Å². The van der Waals surface area contributed by atoms with Gasteiger partial charge < -0.3 is 20.5 Å². The predicted octanol–water partition coefficient (Wildman–Crippen LogP) is 5.10. The van der Waals surface area contributed by atoms with Crippen molar-refractivity contribution in [3.05, 3.63) is 58.6 Å². The molecule has 198 valence electrons. The fraction of sp³-hybridized carbons (Fsp3) is 0.370. The van der Waals surface area contributed by atoms with E-state index in [2.05, 4.69) is 16.7 Å². The number of rotatable bonds is 9. The van der Waals surface area contributed by atoms with E-state index in [1.165, 1.54) is 23.9 Å². The Kier molecular flexibility index (Phi) is 10.7. The normalized spacial score (nSPS) is 12.6. The molecule has 37 heavy (non-hydrogen) atoms. The first-order valence-corrected chi connectivity index (χ1v) is 13.3. The van der Waals surface area contributed by atoms with E-state index in [4.69, 9.17) is 22.8 Å². The lowest BCUT2D eigenvalue weighted by Gasteiger charge is -2.30. The van der Waals surface area contributed by atoms with Crippen LogP contribution in [0.1, 0.15) is 44.4 Å². The molecule has 3 amide bonds. The number of thioether (sulfide) groups is 1. The molecule has 2 unspecified atom stereocenters. The summed E-state index contributed by atoms with van der Waals surface area (Å²) in [6.45, 7) is 6.88. The van der Waals surface area contributed by atoms with Crippen LogP contribution in [0.4, 0.5) is 10.5 Å². The van der Waals surface area contributed by atoms with Crippen molar-refractivity contribution >= 4 is 47.0 Å². The zero-order chi connectivity index (χ0) is 27.8. The topological polar surface area (TPSA) is 108 Å². The van der Waals surface area contributed by atoms with E-state index in [-0.39, 0.29) is 17.7 Å². The molecule has 0 bridgehead atoms. The number of nitrogens with zero attached hydrogens (tertiary/aromatic N) is 1. The summed E-state index contributed by atoms with van der Waals surface area (Å²) in [6, 6.07) is 11.0. The standard InChI is InChI=1S/C27H32ClN3O5S/c1-7-31(25(34)20(15-16-37-6)29-26(35)36-27(3,4)5)23(18-12-8-9-14-21(18)32)24(33)30-22-17(2)11-10-13-19(22)28/h1,8-14,20,23,32H,15-16H2,2-6H3,(H,29,35)(H,30,33). The number of terminal acetylenes is 1. The van der Waals surface area contributed by atoms with E-state index in [0.29, 0.717) is 22.0 Å². The number of amides is 3. The van der Waals surface area contributed by atoms with E-state index < -0.39 is 35.6 Å². The number of carbonyl (C=O) groups excluding carboxylic acids is 3. The van der Waals surface area contributed by atoms with Crippen molar-refractivity contribution in [3.8, 4) is 18.2 Å². The number of halogens is 1. The summed E-state index contributed by atoms with van der Waals surface area (Å²) < 4.78 is 5.32. The molecule has 0 aliphatic heterocycles. The second-order valence-electron chi connectivity index (χ2n) is 9.20. The number of para-hydroxylation sites is 2. The van der Waals surface area contributed by atoms with Gasteiger partial charge in [0.2, 0.25) is 0 Å². The van der Waals surface area contributed by atoms with Crippen LogP contribution in [0.15, 0.2) is 42.5 Å². The highest BCUT2D eigenvalue weighted by atomic mass is 35.5. The molecule has 0 aliphatic rings. The molecule has 2 aromatic rings. The third-order valence-corrected chi connectivity index (χ3v) is 6.14. The number of ether oxygens (including phenoxy) is 1. The molecule has 2 rings (SSSR count). The predicted molar refractivity (Wildman–Crippen MR) is 148 cm³/mol. The molecule has 0 saturated heterocycles. The van der Waals surface area contributed by atoms with Crippen LogP contribution in [-0.4, -0.2) is 51.6 Å². The first kappa shape index (κ1) is 29.9. The van der Waals surface area contributed by atoms with Gasteiger partial charge in [-0.2, -0.15) is 11.8 Å². The van der Waals surface area contributed by atoms with Crippen molar-refractivity contribution in [3.63, 3.8) is 0 Å². The summed E-state index contributed by atoms with van der Waals surface area (Å²) in [5.41, 5.74) is 0.371. The minimum atomic E-state index is -1.42. The van der Waals surface area contributed by atoms with Crippen LogP contribution in [0.3, 0.4) is 0 Å². The summed E-state index contributed by atoms with van der Waals surface area (Å²) in [4.78, 5) is 40.7. The van der Waals surface area contributed by atoms with Crippen LogP contribution in [-0.2, 0) is 14.3 Å². The lowest BCUT2D eigenvalue weighted by Crippen LogP contribution is -2.51. The van der Waals surface area contributed by atoms with Crippen molar-refractivity contribution in [2.75, 3.05) is 17.3 Å². The fourth-order valence-electron chi connectivity index (χ4n) is 3.47. The van der Waals surface area contributed by atoms with Gasteiger partial charge in [0, 0.05) is 11.6 Å². The number of hydrogen-bond acceptors (Lipinski definition) is 6. The van der Waals surface area contributed by atoms with Gasteiger partial charge in [-0.05, 0) is 63.8 Å². The van der Waals surface area contributed by atoms with Gasteiger partial charge in [-0.3, -0.25) is 14.5 Å². The van der Waals surface area contributed by atoms with Crippen LogP contribution in [0.2, 0.25) is 5.02 Å². The average Bonchev–Trinajstić information content (AvgIpc) is 2.81. The van der Waals surface area contributed by atoms with E-state index in [1.807, 2.05) is 6.26 Å². The minimum Gasteiger partial charge on any atom is -0.508 e. The average molecular weight is 546 g/mol. The first-order chi connectivity index (χ1) is 17.4. The quantitative estimate of drug-likeness (QED) is 0.299. The molecule has 0 fully saturated rings. The van der Waals surface area contributed by atoms with Gasteiger partial charge in [-0.15, -0.1) is 0 Å². The third-order valence-electron chi connectivity index (χ3n) is 5.18. The second-order valence-corrected chi connectivity index (χ2v) is 10.6. The second kappa shape index (κ2) is 13.3. The zero-order valence-electron chi connectivity index (χ0n) is 21.5. The van der Waals surface area contributed by atoms with E-state index in [0.717, 1.165) is 4.90 Å². The lowest BCUT2D eigenvalue weighted by molar-refractivity contribution is -0.136. The fourth-order valence-corrected chi connectivity index (χ4v) is 4.21. The molecule has 0 spiro atoms. The highest BCUT2D eigenvalue weighted by molar-refractivity contribution is 7.98. The molecule has 0 aromatic heterocycles. The van der Waals surface area contributed by atoms with Gasteiger partial charge in [-0.1, -0.05) is 48.4 Å². The Morgan fingerprint density at radius 2 is 1.86 bits per heavy atom. The molecule has 2 atom stereocenters. The van der Waals surface area contributed by atoms with Crippen molar-refractivity contribution in [1.82, 2.24) is 10.2 Å². The molecule has 3 N–H and O–H groups in total. The van der Waals surface area contributed by atoms with E-state index in [9.17, 15) is 19.5 Å². The molecular formula is C27H32ClN3O5S.